The Morgan fingerprint density at radius 3 is 2.70 bits per heavy atom. The smallest absolute Gasteiger partial charge is 0.160 e. The monoisotopic (exact) mass is 297 g/mol. The maximum absolute atomic E-state index is 13.3. The van der Waals surface area contributed by atoms with Crippen LogP contribution in [0.2, 0.25) is 0 Å². The Kier molecular flexibility index (Phi) is 4.87. The minimum atomic E-state index is -1.47. The largest absolute Gasteiger partial charge is 0.254 e. The van der Waals surface area contributed by atoms with Crippen LogP contribution in [0.1, 0.15) is 32.6 Å². The molecule has 0 heterocycles. The average molecular weight is 297 g/mol. The van der Waals surface area contributed by atoms with E-state index >= 15 is 0 Å². The van der Waals surface area contributed by atoms with Gasteiger partial charge in [0.1, 0.15) is 0 Å². The fourth-order valence-electron chi connectivity index (χ4n) is 2.74. The van der Waals surface area contributed by atoms with Crippen molar-refractivity contribution in [1.29, 1.82) is 5.26 Å². The maximum atomic E-state index is 13.3. The molecule has 4 atom stereocenters. The lowest BCUT2D eigenvalue weighted by Gasteiger charge is -2.31. The minimum absolute atomic E-state index is 0.269. The van der Waals surface area contributed by atoms with Crippen LogP contribution in [0, 0.1) is 34.8 Å². The van der Waals surface area contributed by atoms with Gasteiger partial charge in [-0.1, -0.05) is 13.3 Å². The summed E-state index contributed by atoms with van der Waals surface area (Å²) in [4.78, 5) is 0.269. The van der Waals surface area contributed by atoms with Crippen molar-refractivity contribution in [3.05, 3.63) is 29.8 Å². The van der Waals surface area contributed by atoms with E-state index in [1.54, 1.807) is 0 Å². The van der Waals surface area contributed by atoms with Crippen LogP contribution >= 0.6 is 0 Å². The van der Waals surface area contributed by atoms with Gasteiger partial charge >= 0.3 is 0 Å². The Labute approximate surface area is 120 Å². The third kappa shape index (κ3) is 3.06. The maximum Gasteiger partial charge on any atom is 0.160 e. The lowest BCUT2D eigenvalue weighted by Crippen LogP contribution is -2.32. The highest BCUT2D eigenvalue weighted by Crippen LogP contribution is 2.35. The molecular weight excluding hydrogens is 280 g/mol. The predicted molar refractivity (Wildman–Crippen MR) is 73.3 cm³/mol. The molecule has 1 aromatic rings. The molecule has 0 bridgehead atoms. The summed E-state index contributed by atoms with van der Waals surface area (Å²) in [5.41, 5.74) is 0. The summed E-state index contributed by atoms with van der Waals surface area (Å²) < 4.78 is 38.8. The van der Waals surface area contributed by atoms with Crippen molar-refractivity contribution >= 4 is 10.8 Å². The van der Waals surface area contributed by atoms with Gasteiger partial charge in [-0.25, -0.2) is 8.78 Å². The number of benzene rings is 1. The molecule has 2 rings (SSSR count). The fraction of sp³-hybridized carbons (Fsp3) is 0.533. The van der Waals surface area contributed by atoms with E-state index < -0.39 is 22.4 Å². The highest BCUT2D eigenvalue weighted by molar-refractivity contribution is 7.85. The topological polar surface area (TPSA) is 40.9 Å². The lowest BCUT2D eigenvalue weighted by atomic mass is 9.81. The van der Waals surface area contributed by atoms with Crippen LogP contribution in [0.3, 0.4) is 0 Å². The van der Waals surface area contributed by atoms with Gasteiger partial charge in [0.15, 0.2) is 11.6 Å². The zero-order chi connectivity index (χ0) is 14.7. The van der Waals surface area contributed by atoms with Crippen LogP contribution < -0.4 is 0 Å². The second-order valence-corrected chi connectivity index (χ2v) is 6.91. The van der Waals surface area contributed by atoms with Gasteiger partial charge in [-0.05, 0) is 43.4 Å². The molecule has 2 nitrogen and oxygen atoms in total. The van der Waals surface area contributed by atoms with Crippen molar-refractivity contribution < 1.29 is 13.0 Å². The highest BCUT2D eigenvalue weighted by atomic mass is 32.2. The van der Waals surface area contributed by atoms with Crippen molar-refractivity contribution in [3.8, 4) is 6.07 Å². The molecule has 1 saturated carbocycles. The fourth-order valence-corrected chi connectivity index (χ4v) is 4.46. The molecule has 1 aliphatic rings. The van der Waals surface area contributed by atoms with Crippen molar-refractivity contribution in [2.45, 2.75) is 42.8 Å². The average Bonchev–Trinajstić information content (AvgIpc) is 2.48. The van der Waals surface area contributed by atoms with Crippen molar-refractivity contribution in [2.24, 2.45) is 11.8 Å². The Hall–Kier alpha value is -1.28. The molecule has 0 spiro atoms. The van der Waals surface area contributed by atoms with Crippen LogP contribution in [0.5, 0.6) is 0 Å². The lowest BCUT2D eigenvalue weighted by molar-refractivity contribution is 0.313. The number of hydrogen-bond donors (Lipinski definition) is 0. The van der Waals surface area contributed by atoms with Gasteiger partial charge < -0.3 is 0 Å². The number of rotatable bonds is 3. The minimum Gasteiger partial charge on any atom is -0.254 e. The van der Waals surface area contributed by atoms with E-state index in [1.807, 2.05) is 0 Å². The molecule has 1 aliphatic carbocycles. The first-order valence-electron chi connectivity index (χ1n) is 6.82. The number of hydrogen-bond acceptors (Lipinski definition) is 2. The van der Waals surface area contributed by atoms with Crippen molar-refractivity contribution in [2.75, 3.05) is 0 Å². The predicted octanol–water partition coefficient (Wildman–Crippen LogP) is 3.79. The van der Waals surface area contributed by atoms with Crippen LogP contribution in [0.15, 0.2) is 23.1 Å². The summed E-state index contributed by atoms with van der Waals surface area (Å²) in [6.45, 7) is 2.08. The first-order valence-corrected chi connectivity index (χ1v) is 8.03. The third-order valence-electron chi connectivity index (χ3n) is 4.04. The molecule has 4 unspecified atom stereocenters. The third-order valence-corrected chi connectivity index (χ3v) is 5.83. The van der Waals surface area contributed by atoms with Crippen LogP contribution in [0.4, 0.5) is 8.78 Å². The number of nitriles is 1. The molecule has 0 aromatic heterocycles. The molecule has 108 valence electrons. The second-order valence-electron chi connectivity index (χ2n) is 5.23. The van der Waals surface area contributed by atoms with Crippen LogP contribution in [0.25, 0.3) is 0 Å². The Morgan fingerprint density at radius 2 is 2.10 bits per heavy atom. The van der Waals surface area contributed by atoms with Crippen LogP contribution in [-0.4, -0.2) is 9.46 Å². The summed E-state index contributed by atoms with van der Waals surface area (Å²) in [5, 5.41) is 8.91. The van der Waals surface area contributed by atoms with Gasteiger partial charge in [0.25, 0.3) is 0 Å². The van der Waals surface area contributed by atoms with Crippen LogP contribution in [-0.2, 0) is 10.8 Å². The number of nitrogens with zero attached hydrogens (tertiary/aromatic N) is 1. The molecule has 0 amide bonds. The van der Waals surface area contributed by atoms with E-state index in [4.69, 9.17) is 0 Å². The van der Waals surface area contributed by atoms with E-state index in [-0.39, 0.29) is 16.1 Å². The van der Waals surface area contributed by atoms with Gasteiger partial charge in [0.05, 0.1) is 28.0 Å². The van der Waals surface area contributed by atoms with E-state index in [0.717, 1.165) is 31.4 Å². The van der Waals surface area contributed by atoms with Crippen molar-refractivity contribution in [3.63, 3.8) is 0 Å². The molecule has 20 heavy (non-hydrogen) atoms. The van der Waals surface area contributed by atoms with Gasteiger partial charge in [-0.2, -0.15) is 5.26 Å². The summed E-state index contributed by atoms with van der Waals surface area (Å²) in [7, 11) is -1.47. The van der Waals surface area contributed by atoms with Gasteiger partial charge in [-0.3, -0.25) is 4.21 Å². The standard InChI is InChI=1S/C15H17F2NOS/c1-2-10-3-4-11(9-18)15(7-10)20(19)12-5-6-13(16)14(17)8-12/h5-6,8,10-11,15H,2-4,7H2,1H3. The molecular formula is C15H17F2NOS. The van der Waals surface area contributed by atoms with Gasteiger partial charge in [0, 0.05) is 4.90 Å². The zero-order valence-corrected chi connectivity index (χ0v) is 12.1. The summed E-state index contributed by atoms with van der Waals surface area (Å²) in [5.74, 6) is -1.75. The van der Waals surface area contributed by atoms with E-state index in [0.29, 0.717) is 12.3 Å². The van der Waals surface area contributed by atoms with Crippen molar-refractivity contribution in [1.82, 2.24) is 0 Å². The quantitative estimate of drug-likeness (QED) is 0.851. The number of halogens is 2. The molecule has 0 radical (unpaired) electrons. The molecule has 5 heteroatoms. The highest BCUT2D eigenvalue weighted by Gasteiger charge is 2.34. The second kappa shape index (κ2) is 6.45. The van der Waals surface area contributed by atoms with E-state index in [9.17, 15) is 18.3 Å². The molecule has 1 aromatic carbocycles. The Balaban J connectivity index is 2.24. The van der Waals surface area contributed by atoms with E-state index in [2.05, 4.69) is 13.0 Å². The molecule has 0 aliphatic heterocycles. The van der Waals surface area contributed by atoms with E-state index in [1.165, 1.54) is 6.07 Å². The zero-order valence-electron chi connectivity index (χ0n) is 11.3. The SMILES string of the molecule is CCC1CCC(C#N)C(S(=O)c2ccc(F)c(F)c2)C1. The Bertz CT molecular complexity index is 555. The van der Waals surface area contributed by atoms with Gasteiger partial charge in [-0.15, -0.1) is 0 Å². The Morgan fingerprint density at radius 1 is 1.35 bits per heavy atom. The molecule has 0 saturated heterocycles. The normalized spacial score (nSPS) is 27.8. The summed E-state index contributed by atoms with van der Waals surface area (Å²) in [6.07, 6.45) is 3.40. The van der Waals surface area contributed by atoms with Gasteiger partial charge in [0.2, 0.25) is 0 Å². The molecule has 0 N–H and O–H groups in total. The summed E-state index contributed by atoms with van der Waals surface area (Å²) in [6, 6.07) is 5.53. The summed E-state index contributed by atoms with van der Waals surface area (Å²) >= 11 is 0. The molecule has 1 fully saturated rings. The first kappa shape index (κ1) is 15.1. The first-order chi connectivity index (χ1) is 9.56.